The summed E-state index contributed by atoms with van der Waals surface area (Å²) >= 11 is 0. The Bertz CT molecular complexity index is 630. The summed E-state index contributed by atoms with van der Waals surface area (Å²) in [6.07, 6.45) is -1.95. The van der Waals surface area contributed by atoms with Gasteiger partial charge in [0.2, 0.25) is 0 Å². The summed E-state index contributed by atoms with van der Waals surface area (Å²) in [5.41, 5.74) is 1.94. The molecule has 1 aliphatic rings. The second-order valence-electron chi connectivity index (χ2n) is 5.19. The molecule has 4 heteroatoms. The molecular weight excluding hydrogens is 272 g/mol. The first-order chi connectivity index (χ1) is 10.2. The first kappa shape index (κ1) is 14.0. The predicted molar refractivity (Wildman–Crippen MR) is 77.6 cm³/mol. The molecule has 2 atom stereocenters. The third kappa shape index (κ3) is 2.76. The molecule has 0 bridgehead atoms. The van der Waals surface area contributed by atoms with Crippen LogP contribution in [0.3, 0.4) is 0 Å². The number of rotatable bonds is 3. The molecule has 0 saturated carbocycles. The average molecular weight is 289 g/mol. The highest BCUT2D eigenvalue weighted by molar-refractivity contribution is 5.39. The van der Waals surface area contributed by atoms with Gasteiger partial charge in [-0.25, -0.2) is 8.78 Å². The lowest BCUT2D eigenvalue weighted by molar-refractivity contribution is 0.146. The van der Waals surface area contributed by atoms with Crippen LogP contribution in [0.1, 0.15) is 41.7 Å². The van der Waals surface area contributed by atoms with Gasteiger partial charge < -0.3 is 10.1 Å². The van der Waals surface area contributed by atoms with Gasteiger partial charge in [0, 0.05) is 23.6 Å². The minimum Gasteiger partial charge on any atom is -0.485 e. The van der Waals surface area contributed by atoms with Crippen LogP contribution in [-0.4, -0.2) is 7.05 Å². The number of benzene rings is 2. The summed E-state index contributed by atoms with van der Waals surface area (Å²) in [6.45, 7) is 0. The van der Waals surface area contributed by atoms with Crippen LogP contribution in [-0.2, 0) is 0 Å². The average Bonchev–Trinajstić information content (AvgIpc) is 2.53. The van der Waals surface area contributed by atoms with E-state index in [2.05, 4.69) is 5.32 Å². The molecule has 0 spiro atoms. The lowest BCUT2D eigenvalue weighted by Gasteiger charge is -2.32. The number of halogens is 2. The number of nitrogens with one attached hydrogen (secondary N) is 1. The smallest absolute Gasteiger partial charge is 0.263 e. The molecular formula is C17H17F2NO. The molecule has 1 heterocycles. The second kappa shape index (κ2) is 5.82. The van der Waals surface area contributed by atoms with Crippen molar-refractivity contribution in [2.45, 2.75) is 25.0 Å². The molecule has 0 fully saturated rings. The van der Waals surface area contributed by atoms with Gasteiger partial charge in [0.05, 0.1) is 0 Å². The first-order valence-corrected chi connectivity index (χ1v) is 7.00. The van der Waals surface area contributed by atoms with E-state index in [1.807, 2.05) is 37.4 Å². The van der Waals surface area contributed by atoms with Crippen molar-refractivity contribution >= 4 is 0 Å². The summed E-state index contributed by atoms with van der Waals surface area (Å²) < 4.78 is 31.7. The van der Waals surface area contributed by atoms with Gasteiger partial charge in [-0.15, -0.1) is 0 Å². The largest absolute Gasteiger partial charge is 0.485 e. The minimum atomic E-state index is -2.46. The van der Waals surface area contributed by atoms with E-state index in [-0.39, 0.29) is 17.7 Å². The molecule has 2 nitrogen and oxygen atoms in total. The van der Waals surface area contributed by atoms with Gasteiger partial charge in [-0.1, -0.05) is 36.4 Å². The van der Waals surface area contributed by atoms with Crippen molar-refractivity contribution in [2.75, 3.05) is 7.05 Å². The third-order valence-electron chi connectivity index (χ3n) is 3.90. The third-order valence-corrected chi connectivity index (χ3v) is 3.90. The fraction of sp³-hybridized carbons (Fsp3) is 0.294. The zero-order valence-corrected chi connectivity index (χ0v) is 11.7. The van der Waals surface area contributed by atoms with Crippen LogP contribution >= 0.6 is 0 Å². The molecule has 0 amide bonds. The maximum Gasteiger partial charge on any atom is 0.263 e. The van der Waals surface area contributed by atoms with Crippen molar-refractivity contribution in [2.24, 2.45) is 0 Å². The fourth-order valence-corrected chi connectivity index (χ4v) is 2.79. The standard InChI is InChI=1S/C17H17F2NO/c1-20-14-10-16(21-15-8-3-2-7-13(14)15)11-5-4-6-12(9-11)17(18)19/h2-9,14,16-17,20H,10H2,1H3. The number of fused-ring (bicyclic) bond motifs is 1. The van der Waals surface area contributed by atoms with E-state index in [0.717, 1.165) is 23.3 Å². The molecule has 0 radical (unpaired) electrons. The van der Waals surface area contributed by atoms with E-state index in [4.69, 9.17) is 4.74 Å². The molecule has 21 heavy (non-hydrogen) atoms. The topological polar surface area (TPSA) is 21.3 Å². The van der Waals surface area contributed by atoms with Crippen LogP contribution in [0.5, 0.6) is 5.75 Å². The first-order valence-electron chi connectivity index (χ1n) is 7.00. The molecule has 3 rings (SSSR count). The Morgan fingerprint density at radius 3 is 2.71 bits per heavy atom. The van der Waals surface area contributed by atoms with Crippen LogP contribution in [0.4, 0.5) is 8.78 Å². The van der Waals surface area contributed by atoms with Crippen LogP contribution < -0.4 is 10.1 Å². The van der Waals surface area contributed by atoms with E-state index in [1.54, 1.807) is 6.07 Å². The summed E-state index contributed by atoms with van der Waals surface area (Å²) in [5.74, 6) is 0.815. The highest BCUT2D eigenvalue weighted by Crippen LogP contribution is 2.40. The molecule has 0 saturated heterocycles. The molecule has 0 aromatic heterocycles. The van der Waals surface area contributed by atoms with Crippen molar-refractivity contribution in [3.63, 3.8) is 0 Å². The van der Waals surface area contributed by atoms with Gasteiger partial charge in [0.25, 0.3) is 6.43 Å². The minimum absolute atomic E-state index is 0.0379. The molecule has 1 aliphatic heterocycles. The Hall–Kier alpha value is -1.94. The predicted octanol–water partition coefficient (Wildman–Crippen LogP) is 4.41. The Morgan fingerprint density at radius 2 is 1.95 bits per heavy atom. The highest BCUT2D eigenvalue weighted by Gasteiger charge is 2.28. The van der Waals surface area contributed by atoms with E-state index < -0.39 is 6.43 Å². The van der Waals surface area contributed by atoms with Crippen molar-refractivity contribution in [3.8, 4) is 5.75 Å². The van der Waals surface area contributed by atoms with Crippen LogP contribution in [0.2, 0.25) is 0 Å². The van der Waals surface area contributed by atoms with E-state index in [9.17, 15) is 8.78 Å². The zero-order chi connectivity index (χ0) is 14.8. The molecule has 1 N–H and O–H groups in total. The van der Waals surface area contributed by atoms with Crippen molar-refractivity contribution in [1.29, 1.82) is 0 Å². The Balaban J connectivity index is 1.93. The van der Waals surface area contributed by atoms with E-state index in [0.29, 0.717) is 0 Å². The van der Waals surface area contributed by atoms with Crippen molar-refractivity contribution < 1.29 is 13.5 Å². The van der Waals surface area contributed by atoms with Gasteiger partial charge in [-0.3, -0.25) is 0 Å². The SMILES string of the molecule is CNC1CC(c2cccc(C(F)F)c2)Oc2ccccc21. The van der Waals surface area contributed by atoms with Crippen LogP contribution in [0, 0.1) is 0 Å². The van der Waals surface area contributed by atoms with Crippen LogP contribution in [0.25, 0.3) is 0 Å². The molecule has 2 aromatic carbocycles. The quantitative estimate of drug-likeness (QED) is 0.903. The highest BCUT2D eigenvalue weighted by atomic mass is 19.3. The monoisotopic (exact) mass is 289 g/mol. The maximum atomic E-state index is 12.8. The maximum absolute atomic E-state index is 12.8. The summed E-state index contributed by atoms with van der Waals surface area (Å²) in [7, 11) is 1.90. The molecule has 110 valence electrons. The Morgan fingerprint density at radius 1 is 1.14 bits per heavy atom. The van der Waals surface area contributed by atoms with E-state index in [1.165, 1.54) is 12.1 Å². The number of hydrogen-bond acceptors (Lipinski definition) is 2. The van der Waals surface area contributed by atoms with Crippen molar-refractivity contribution in [1.82, 2.24) is 5.32 Å². The molecule has 2 unspecified atom stereocenters. The lowest BCUT2D eigenvalue weighted by Crippen LogP contribution is -2.26. The van der Waals surface area contributed by atoms with Crippen molar-refractivity contribution in [3.05, 3.63) is 65.2 Å². The van der Waals surface area contributed by atoms with Crippen LogP contribution in [0.15, 0.2) is 48.5 Å². The van der Waals surface area contributed by atoms with Gasteiger partial charge in [0.15, 0.2) is 0 Å². The number of hydrogen-bond donors (Lipinski definition) is 1. The summed E-state index contributed by atoms with van der Waals surface area (Å²) in [6, 6.07) is 14.5. The van der Waals surface area contributed by atoms with Gasteiger partial charge >= 0.3 is 0 Å². The fourth-order valence-electron chi connectivity index (χ4n) is 2.79. The van der Waals surface area contributed by atoms with Gasteiger partial charge in [0.1, 0.15) is 11.9 Å². The number of alkyl halides is 2. The Labute approximate surface area is 122 Å². The second-order valence-corrected chi connectivity index (χ2v) is 5.19. The summed E-state index contributed by atoms with van der Waals surface area (Å²) in [5, 5.41) is 3.27. The summed E-state index contributed by atoms with van der Waals surface area (Å²) in [4.78, 5) is 0. The number of para-hydroxylation sites is 1. The molecule has 2 aromatic rings. The molecule has 0 aliphatic carbocycles. The lowest BCUT2D eigenvalue weighted by atomic mass is 9.92. The van der Waals surface area contributed by atoms with Gasteiger partial charge in [-0.05, 0) is 24.7 Å². The normalized spacial score (nSPS) is 21.0. The zero-order valence-electron chi connectivity index (χ0n) is 11.7. The number of ether oxygens (including phenoxy) is 1. The Kier molecular flexibility index (Phi) is 3.88. The van der Waals surface area contributed by atoms with Gasteiger partial charge in [-0.2, -0.15) is 0 Å². The van der Waals surface area contributed by atoms with E-state index >= 15 is 0 Å².